The number of aromatic amines is 1. The molecule has 2 fully saturated rings. The van der Waals surface area contributed by atoms with E-state index in [1.54, 1.807) is 0 Å². The highest BCUT2D eigenvalue weighted by atomic mass is 16.2. The van der Waals surface area contributed by atoms with Gasteiger partial charge in [-0.05, 0) is 49.8 Å². The molecule has 2 saturated carbocycles. The third-order valence-electron chi connectivity index (χ3n) is 7.12. The van der Waals surface area contributed by atoms with Crippen LogP contribution in [0.25, 0.3) is 10.9 Å². The molecule has 0 bridgehead atoms. The number of carbonyl (C=O) groups excluding carboxylic acids is 2. The fraction of sp³-hybridized carbons (Fsp3) is 0.429. The maximum atomic E-state index is 13.7. The standard InChI is InChI=1S/C28H33N3O2/c1-19-11-13-20(14-12-19)27(28(33)30-22-7-3-2-4-8-22)31(23-15-16-23)26(32)17-21-18-29-25-10-6-5-9-24(21)25/h5-6,9-14,18,22-23,27,29H,2-4,7-8,15-17H2,1H3,(H,30,33). The zero-order chi connectivity index (χ0) is 22.8. The number of hydrogen-bond acceptors (Lipinski definition) is 2. The van der Waals surface area contributed by atoms with Crippen LogP contribution in [-0.2, 0) is 16.0 Å². The van der Waals surface area contributed by atoms with E-state index in [4.69, 9.17) is 0 Å². The van der Waals surface area contributed by atoms with Gasteiger partial charge < -0.3 is 15.2 Å². The number of aromatic nitrogens is 1. The molecule has 0 spiro atoms. The lowest BCUT2D eigenvalue weighted by Crippen LogP contribution is -2.48. The number of benzene rings is 2. The van der Waals surface area contributed by atoms with Gasteiger partial charge in [0.25, 0.3) is 0 Å². The van der Waals surface area contributed by atoms with Gasteiger partial charge in [-0.2, -0.15) is 0 Å². The first kappa shape index (κ1) is 21.7. The number of carbonyl (C=O) groups is 2. The fourth-order valence-corrected chi connectivity index (χ4v) is 5.16. The van der Waals surface area contributed by atoms with E-state index in [1.165, 1.54) is 6.42 Å². The molecule has 2 aromatic carbocycles. The third-order valence-corrected chi connectivity index (χ3v) is 7.12. The minimum atomic E-state index is -0.585. The molecule has 5 nitrogen and oxygen atoms in total. The summed E-state index contributed by atoms with van der Waals surface area (Å²) in [6, 6.07) is 15.9. The normalized spacial score (nSPS) is 17.6. The van der Waals surface area contributed by atoms with Gasteiger partial charge in [0.2, 0.25) is 11.8 Å². The van der Waals surface area contributed by atoms with Crippen molar-refractivity contribution in [2.45, 2.75) is 76.4 Å². The number of H-pyrrole nitrogens is 1. The van der Waals surface area contributed by atoms with Crippen molar-refractivity contribution in [3.8, 4) is 0 Å². The second-order valence-electron chi connectivity index (χ2n) is 9.73. The molecule has 2 amide bonds. The molecule has 5 rings (SSSR count). The molecule has 1 aromatic heterocycles. The van der Waals surface area contributed by atoms with Gasteiger partial charge in [-0.1, -0.05) is 67.3 Å². The zero-order valence-electron chi connectivity index (χ0n) is 19.3. The van der Waals surface area contributed by atoms with Crippen molar-refractivity contribution >= 4 is 22.7 Å². The van der Waals surface area contributed by atoms with Gasteiger partial charge >= 0.3 is 0 Å². The first-order chi connectivity index (χ1) is 16.1. The Labute approximate surface area is 195 Å². The van der Waals surface area contributed by atoms with Crippen LogP contribution in [0.5, 0.6) is 0 Å². The molecule has 0 aliphatic heterocycles. The summed E-state index contributed by atoms with van der Waals surface area (Å²) in [7, 11) is 0. The van der Waals surface area contributed by atoms with Gasteiger partial charge in [-0.25, -0.2) is 0 Å². The fourth-order valence-electron chi connectivity index (χ4n) is 5.16. The van der Waals surface area contributed by atoms with Gasteiger partial charge in [0.05, 0.1) is 6.42 Å². The van der Waals surface area contributed by atoms with Crippen LogP contribution in [0, 0.1) is 6.92 Å². The van der Waals surface area contributed by atoms with Crippen LogP contribution in [0.2, 0.25) is 0 Å². The van der Waals surface area contributed by atoms with E-state index in [9.17, 15) is 9.59 Å². The Bertz CT molecular complexity index is 1120. The summed E-state index contributed by atoms with van der Waals surface area (Å²) in [6.07, 6.45) is 9.74. The Balaban J connectivity index is 1.44. The molecular formula is C28H33N3O2. The highest BCUT2D eigenvalue weighted by Gasteiger charge is 2.41. The molecule has 1 atom stereocenters. The van der Waals surface area contributed by atoms with Crippen molar-refractivity contribution in [2.75, 3.05) is 0 Å². The maximum Gasteiger partial charge on any atom is 0.247 e. The summed E-state index contributed by atoms with van der Waals surface area (Å²) in [6.45, 7) is 2.04. The van der Waals surface area contributed by atoms with Crippen molar-refractivity contribution in [1.82, 2.24) is 15.2 Å². The van der Waals surface area contributed by atoms with Crippen molar-refractivity contribution in [2.24, 2.45) is 0 Å². The topological polar surface area (TPSA) is 65.2 Å². The van der Waals surface area contributed by atoms with Gasteiger partial charge in [-0.3, -0.25) is 9.59 Å². The average molecular weight is 444 g/mol. The van der Waals surface area contributed by atoms with Crippen LogP contribution >= 0.6 is 0 Å². The largest absolute Gasteiger partial charge is 0.361 e. The predicted molar refractivity (Wildman–Crippen MR) is 131 cm³/mol. The Morgan fingerprint density at radius 2 is 1.73 bits per heavy atom. The van der Waals surface area contributed by atoms with Crippen LogP contribution < -0.4 is 5.32 Å². The molecular weight excluding hydrogens is 410 g/mol. The van der Waals surface area contributed by atoms with Crippen molar-refractivity contribution in [1.29, 1.82) is 0 Å². The lowest BCUT2D eigenvalue weighted by molar-refractivity contribution is -0.141. The van der Waals surface area contributed by atoms with Crippen molar-refractivity contribution < 1.29 is 9.59 Å². The van der Waals surface area contributed by atoms with Crippen LogP contribution in [0.15, 0.2) is 54.7 Å². The van der Waals surface area contributed by atoms with E-state index in [0.717, 1.165) is 66.1 Å². The Hall–Kier alpha value is -3.08. The van der Waals surface area contributed by atoms with Crippen LogP contribution in [0.3, 0.4) is 0 Å². The molecule has 1 heterocycles. The number of rotatable bonds is 7. The minimum absolute atomic E-state index is 0.0200. The third kappa shape index (κ3) is 4.82. The molecule has 5 heteroatoms. The van der Waals surface area contributed by atoms with Crippen LogP contribution in [-0.4, -0.2) is 33.8 Å². The monoisotopic (exact) mass is 443 g/mol. The number of amides is 2. The maximum absolute atomic E-state index is 13.7. The predicted octanol–water partition coefficient (Wildman–Crippen LogP) is 5.20. The Morgan fingerprint density at radius 1 is 1.00 bits per heavy atom. The molecule has 172 valence electrons. The number of nitrogens with one attached hydrogen (secondary N) is 2. The highest BCUT2D eigenvalue weighted by Crippen LogP contribution is 2.36. The average Bonchev–Trinajstić information content (AvgIpc) is 3.59. The lowest BCUT2D eigenvalue weighted by atomic mass is 9.94. The van der Waals surface area contributed by atoms with Crippen molar-refractivity contribution in [3.63, 3.8) is 0 Å². The van der Waals surface area contributed by atoms with E-state index in [2.05, 4.69) is 10.3 Å². The molecule has 3 aromatic rings. The summed E-state index contributed by atoms with van der Waals surface area (Å²) in [5.74, 6) is -0.0171. The number of nitrogens with zero attached hydrogens (tertiary/aromatic N) is 1. The van der Waals surface area contributed by atoms with Crippen LogP contribution in [0.4, 0.5) is 0 Å². The van der Waals surface area contributed by atoms with E-state index in [1.807, 2.05) is 66.6 Å². The van der Waals surface area contributed by atoms with E-state index < -0.39 is 6.04 Å². The molecule has 33 heavy (non-hydrogen) atoms. The molecule has 2 aliphatic carbocycles. The second kappa shape index (κ2) is 9.42. The molecule has 2 N–H and O–H groups in total. The highest BCUT2D eigenvalue weighted by molar-refractivity contribution is 5.93. The van der Waals surface area contributed by atoms with Crippen molar-refractivity contribution in [3.05, 3.63) is 71.4 Å². The smallest absolute Gasteiger partial charge is 0.247 e. The summed E-state index contributed by atoms with van der Waals surface area (Å²) in [5, 5.41) is 4.37. The molecule has 1 unspecified atom stereocenters. The van der Waals surface area contributed by atoms with Gasteiger partial charge in [0.1, 0.15) is 6.04 Å². The molecule has 0 radical (unpaired) electrons. The Morgan fingerprint density at radius 3 is 2.45 bits per heavy atom. The van der Waals surface area contributed by atoms with Gasteiger partial charge in [0.15, 0.2) is 0 Å². The lowest BCUT2D eigenvalue weighted by Gasteiger charge is -2.33. The van der Waals surface area contributed by atoms with E-state index in [0.29, 0.717) is 6.42 Å². The number of para-hydroxylation sites is 1. The number of hydrogen-bond donors (Lipinski definition) is 2. The summed E-state index contributed by atoms with van der Waals surface area (Å²) >= 11 is 0. The first-order valence-corrected chi connectivity index (χ1v) is 12.3. The quantitative estimate of drug-likeness (QED) is 0.527. The number of fused-ring (bicyclic) bond motifs is 1. The number of aryl methyl sites for hydroxylation is 1. The minimum Gasteiger partial charge on any atom is -0.361 e. The SMILES string of the molecule is Cc1ccc(C(C(=O)NC2CCCCC2)N(C(=O)Cc2c[nH]c3ccccc23)C2CC2)cc1. The first-order valence-electron chi connectivity index (χ1n) is 12.3. The summed E-state index contributed by atoms with van der Waals surface area (Å²) in [4.78, 5) is 32.6. The summed E-state index contributed by atoms with van der Waals surface area (Å²) in [5.41, 5.74) is 4.06. The van der Waals surface area contributed by atoms with E-state index >= 15 is 0 Å². The Kier molecular flexibility index (Phi) is 6.21. The molecule has 2 aliphatic rings. The van der Waals surface area contributed by atoms with Crippen LogP contribution in [0.1, 0.15) is 67.7 Å². The van der Waals surface area contributed by atoms with Gasteiger partial charge in [0, 0.05) is 29.2 Å². The zero-order valence-corrected chi connectivity index (χ0v) is 19.3. The van der Waals surface area contributed by atoms with E-state index in [-0.39, 0.29) is 23.9 Å². The summed E-state index contributed by atoms with van der Waals surface area (Å²) < 4.78 is 0. The molecule has 0 saturated heterocycles. The second-order valence-corrected chi connectivity index (χ2v) is 9.73. The van der Waals surface area contributed by atoms with Gasteiger partial charge in [-0.15, -0.1) is 0 Å².